The molecule has 2 aliphatic heterocycles. The molecule has 2 saturated heterocycles. The van der Waals surface area contributed by atoms with E-state index in [2.05, 4.69) is 15.0 Å². The zero-order valence-corrected chi connectivity index (χ0v) is 15.9. The number of carbonyl (C=O) groups excluding carboxylic acids is 1. The van der Waals surface area contributed by atoms with E-state index >= 15 is 0 Å². The second-order valence-corrected chi connectivity index (χ2v) is 6.75. The molecule has 11 nitrogen and oxygen atoms in total. The summed E-state index contributed by atoms with van der Waals surface area (Å²) in [6, 6.07) is 9.20. The van der Waals surface area contributed by atoms with E-state index in [1.807, 2.05) is 30.3 Å². The minimum absolute atomic E-state index is 0.0838. The van der Waals surface area contributed by atoms with Crippen molar-refractivity contribution in [1.82, 2.24) is 9.97 Å². The number of esters is 1. The maximum atomic E-state index is 12.1. The molecule has 0 saturated carbocycles. The maximum absolute atomic E-state index is 12.1. The molecule has 2 fully saturated rings. The van der Waals surface area contributed by atoms with Crippen molar-refractivity contribution >= 4 is 23.3 Å². The van der Waals surface area contributed by atoms with Crippen molar-refractivity contribution in [3.63, 3.8) is 0 Å². The number of aromatic nitrogens is 2. The summed E-state index contributed by atoms with van der Waals surface area (Å²) in [5.41, 5.74) is 5.35. The molecule has 4 N–H and O–H groups in total. The van der Waals surface area contributed by atoms with E-state index in [9.17, 15) is 14.7 Å². The molecule has 2 aliphatic rings. The fourth-order valence-electron chi connectivity index (χ4n) is 3.30. The summed E-state index contributed by atoms with van der Waals surface area (Å²) in [6.07, 6.45) is -3.78. The van der Waals surface area contributed by atoms with Crippen LogP contribution in [0.15, 0.2) is 46.3 Å². The number of rotatable bonds is 3. The molecular formula is C19H20N4O7. The Kier molecular flexibility index (Phi) is 5.59. The topological polar surface area (TPSA) is 158 Å². The van der Waals surface area contributed by atoms with Gasteiger partial charge < -0.3 is 29.8 Å². The zero-order chi connectivity index (χ0) is 21.3. The zero-order valence-electron chi connectivity index (χ0n) is 15.9. The normalized spacial score (nSPS) is 29.9. The molecule has 3 heterocycles. The fraction of sp³-hybridized carbons (Fsp3) is 0.368. The summed E-state index contributed by atoms with van der Waals surface area (Å²) in [7, 11) is 0. The molecule has 11 heteroatoms. The van der Waals surface area contributed by atoms with Crippen LogP contribution in [0.4, 0.5) is 11.6 Å². The van der Waals surface area contributed by atoms with Crippen LogP contribution in [0.5, 0.6) is 0 Å². The van der Waals surface area contributed by atoms with Gasteiger partial charge in [-0.05, 0) is 0 Å². The molecule has 0 spiro atoms. The number of nitrogen functional groups attached to an aromatic ring is 1. The Labute approximate surface area is 170 Å². The molecule has 30 heavy (non-hydrogen) atoms. The van der Waals surface area contributed by atoms with E-state index in [-0.39, 0.29) is 24.0 Å². The van der Waals surface area contributed by atoms with Gasteiger partial charge >= 0.3 is 5.97 Å². The molecule has 158 valence electrons. The Morgan fingerprint density at radius 1 is 1.33 bits per heavy atom. The van der Waals surface area contributed by atoms with Gasteiger partial charge in [-0.25, -0.2) is 9.98 Å². The average Bonchev–Trinajstić information content (AvgIpc) is 2.72. The number of nitrogens with zero attached hydrogens (tertiary/aromatic N) is 2. The number of aliphatic hydroxyl groups excluding tert-OH is 1. The second kappa shape index (κ2) is 8.32. The monoisotopic (exact) mass is 416 g/mol. The standard InChI is InChI=1S/C19H20N4O7/c1-9(24)28-15-13(22-11-7-21-19(20)23-16(11)25)17(26)29-12-8-27-18(30-14(12)15)10-5-3-2-4-6-10/h2-7,12,14-15,17-18,26H,8H2,1H3,(H3,20,21,23,25)/t12-,14+,15-,17?,18?/m1/s1. The molecule has 1 aromatic heterocycles. The molecule has 1 aromatic carbocycles. The fourth-order valence-corrected chi connectivity index (χ4v) is 3.30. The van der Waals surface area contributed by atoms with Gasteiger partial charge in [-0.3, -0.25) is 14.6 Å². The van der Waals surface area contributed by atoms with Crippen LogP contribution in [0.3, 0.4) is 0 Å². The highest BCUT2D eigenvalue weighted by Gasteiger charge is 2.49. The van der Waals surface area contributed by atoms with Crippen LogP contribution >= 0.6 is 0 Å². The third kappa shape index (κ3) is 4.09. The Morgan fingerprint density at radius 3 is 2.80 bits per heavy atom. The van der Waals surface area contributed by atoms with Gasteiger partial charge in [0.25, 0.3) is 5.56 Å². The largest absolute Gasteiger partial charge is 0.453 e. The van der Waals surface area contributed by atoms with Gasteiger partial charge in [-0.2, -0.15) is 0 Å². The summed E-state index contributed by atoms with van der Waals surface area (Å²) < 4.78 is 22.7. The number of aromatic amines is 1. The van der Waals surface area contributed by atoms with Crippen LogP contribution in [-0.4, -0.2) is 58.0 Å². The maximum Gasteiger partial charge on any atom is 0.303 e. The van der Waals surface area contributed by atoms with Gasteiger partial charge in [0, 0.05) is 12.5 Å². The Hall–Kier alpha value is -3.12. The van der Waals surface area contributed by atoms with Crippen molar-refractivity contribution in [2.45, 2.75) is 37.8 Å². The number of hydrogen-bond acceptors (Lipinski definition) is 10. The van der Waals surface area contributed by atoms with E-state index in [1.54, 1.807) is 0 Å². The van der Waals surface area contributed by atoms with Gasteiger partial charge in [0.2, 0.25) is 0 Å². The van der Waals surface area contributed by atoms with E-state index in [0.717, 1.165) is 11.8 Å². The third-order valence-electron chi connectivity index (χ3n) is 4.62. The molecule has 0 bridgehead atoms. The van der Waals surface area contributed by atoms with Gasteiger partial charge in [-0.15, -0.1) is 0 Å². The number of nitrogens with two attached hydrogens (primary N) is 1. The summed E-state index contributed by atoms with van der Waals surface area (Å²) in [5.74, 6) is -0.698. The van der Waals surface area contributed by atoms with E-state index in [0.29, 0.717) is 0 Å². The number of fused-ring (bicyclic) bond motifs is 1. The minimum atomic E-state index is -1.55. The molecule has 0 radical (unpaired) electrons. The highest BCUT2D eigenvalue weighted by molar-refractivity contribution is 5.96. The van der Waals surface area contributed by atoms with Crippen LogP contribution in [0.25, 0.3) is 0 Å². The van der Waals surface area contributed by atoms with Crippen LogP contribution in [-0.2, 0) is 23.7 Å². The van der Waals surface area contributed by atoms with Crippen molar-refractivity contribution in [3.8, 4) is 0 Å². The number of H-pyrrole nitrogens is 1. The first-order valence-corrected chi connectivity index (χ1v) is 9.18. The lowest BCUT2D eigenvalue weighted by Crippen LogP contribution is -2.61. The second-order valence-electron chi connectivity index (χ2n) is 6.75. The molecule has 2 unspecified atom stereocenters. The number of nitrogens with one attached hydrogen (secondary N) is 1. The highest BCUT2D eigenvalue weighted by atomic mass is 16.7. The summed E-state index contributed by atoms with van der Waals surface area (Å²) in [6.45, 7) is 1.32. The number of carbonyl (C=O) groups is 1. The predicted octanol–water partition coefficient (Wildman–Crippen LogP) is 0.188. The van der Waals surface area contributed by atoms with Crippen LogP contribution in [0.1, 0.15) is 18.8 Å². The third-order valence-corrected chi connectivity index (χ3v) is 4.62. The van der Waals surface area contributed by atoms with Crippen molar-refractivity contribution in [2.24, 2.45) is 4.99 Å². The number of anilines is 1. The van der Waals surface area contributed by atoms with Crippen molar-refractivity contribution < 1.29 is 28.8 Å². The number of hydrogen-bond donors (Lipinski definition) is 3. The van der Waals surface area contributed by atoms with Crippen LogP contribution in [0, 0.1) is 0 Å². The van der Waals surface area contributed by atoms with E-state index in [1.165, 1.54) is 6.92 Å². The van der Waals surface area contributed by atoms with Gasteiger partial charge in [0.1, 0.15) is 23.6 Å². The Bertz CT molecular complexity index is 1010. The average molecular weight is 416 g/mol. The number of aliphatic imine (C=N–C) groups is 1. The molecule has 4 rings (SSSR count). The number of aliphatic hydroxyl groups is 1. The first kappa shape index (κ1) is 20.2. The first-order chi connectivity index (χ1) is 14.4. The first-order valence-electron chi connectivity index (χ1n) is 9.18. The quantitative estimate of drug-likeness (QED) is 0.594. The number of benzene rings is 1. The highest BCUT2D eigenvalue weighted by Crippen LogP contribution is 2.34. The molecule has 5 atom stereocenters. The molecular weight excluding hydrogens is 396 g/mol. The van der Waals surface area contributed by atoms with Crippen LogP contribution < -0.4 is 11.3 Å². The molecule has 0 amide bonds. The lowest BCUT2D eigenvalue weighted by Gasteiger charge is -2.44. The predicted molar refractivity (Wildman–Crippen MR) is 103 cm³/mol. The summed E-state index contributed by atoms with van der Waals surface area (Å²) in [4.78, 5) is 34.1. The van der Waals surface area contributed by atoms with Gasteiger partial charge in [0.15, 0.2) is 24.6 Å². The lowest BCUT2D eigenvalue weighted by molar-refractivity contribution is -0.304. The minimum Gasteiger partial charge on any atom is -0.453 e. The Balaban J connectivity index is 1.69. The molecule has 2 aromatic rings. The van der Waals surface area contributed by atoms with E-state index in [4.69, 9.17) is 24.7 Å². The van der Waals surface area contributed by atoms with Crippen molar-refractivity contribution in [1.29, 1.82) is 0 Å². The summed E-state index contributed by atoms with van der Waals surface area (Å²) >= 11 is 0. The van der Waals surface area contributed by atoms with Crippen LogP contribution in [0.2, 0.25) is 0 Å². The van der Waals surface area contributed by atoms with Gasteiger partial charge in [0.05, 0.1) is 12.8 Å². The SMILES string of the molecule is CC(=O)O[C@@H]1C(=Nc2cnc(N)[nH]c2=O)C(O)O[C@@H]2COC(c3ccccc3)O[C@H]12. The van der Waals surface area contributed by atoms with Crippen molar-refractivity contribution in [3.05, 3.63) is 52.4 Å². The lowest BCUT2D eigenvalue weighted by atomic mass is 9.98. The van der Waals surface area contributed by atoms with Crippen molar-refractivity contribution in [2.75, 3.05) is 12.3 Å². The smallest absolute Gasteiger partial charge is 0.303 e. The molecule has 0 aliphatic carbocycles. The Morgan fingerprint density at radius 2 is 2.10 bits per heavy atom. The van der Waals surface area contributed by atoms with Gasteiger partial charge in [-0.1, -0.05) is 30.3 Å². The summed E-state index contributed by atoms with van der Waals surface area (Å²) in [5, 5.41) is 10.5. The number of ether oxygens (including phenoxy) is 4. The van der Waals surface area contributed by atoms with E-state index < -0.39 is 42.4 Å².